The number of phenols is 2. The van der Waals surface area contributed by atoms with Crippen molar-refractivity contribution in [2.24, 2.45) is 0 Å². The van der Waals surface area contributed by atoms with Gasteiger partial charge in [0.2, 0.25) is 5.91 Å². The topological polar surface area (TPSA) is 128 Å². The Morgan fingerprint density at radius 1 is 0.809 bits per heavy atom. The molecule has 0 aromatic heterocycles. The zero-order valence-corrected chi connectivity index (χ0v) is 28.6. The summed E-state index contributed by atoms with van der Waals surface area (Å²) in [6.45, 7) is 11.5. The van der Waals surface area contributed by atoms with E-state index >= 15 is 0 Å². The lowest BCUT2D eigenvalue weighted by Gasteiger charge is -2.35. The van der Waals surface area contributed by atoms with E-state index in [1.807, 2.05) is 32.0 Å². The number of benzene rings is 3. The number of carbonyl (C=O) groups is 3. The zero-order valence-electron chi connectivity index (χ0n) is 28.6. The molecular formula is C38H51N3O6. The van der Waals surface area contributed by atoms with Gasteiger partial charge < -0.3 is 30.5 Å². The first kappa shape index (κ1) is 36.9. The van der Waals surface area contributed by atoms with E-state index in [0.29, 0.717) is 23.2 Å². The fourth-order valence-electron chi connectivity index (χ4n) is 5.48. The number of carbonyl (C=O) groups excluding carboxylic acids is 3. The predicted octanol–water partition coefficient (Wildman–Crippen LogP) is 7.72. The summed E-state index contributed by atoms with van der Waals surface area (Å²) < 4.78 is 5.53. The third-order valence-corrected chi connectivity index (χ3v) is 7.90. The Hall–Kier alpha value is -4.53. The largest absolute Gasteiger partial charge is 0.508 e. The number of aromatic hydroxyl groups is 2. The molecule has 3 aromatic carbocycles. The van der Waals surface area contributed by atoms with E-state index < -0.39 is 35.6 Å². The summed E-state index contributed by atoms with van der Waals surface area (Å²) in [5, 5.41) is 25.8. The van der Waals surface area contributed by atoms with Crippen molar-refractivity contribution >= 4 is 23.6 Å². The van der Waals surface area contributed by atoms with Crippen LogP contribution in [0, 0.1) is 13.8 Å². The van der Waals surface area contributed by atoms with Crippen LogP contribution in [0.25, 0.3) is 0 Å². The van der Waals surface area contributed by atoms with Gasteiger partial charge in [0.25, 0.3) is 5.91 Å². The molecule has 2 unspecified atom stereocenters. The number of hydrogen-bond donors (Lipinski definition) is 4. The molecule has 0 spiro atoms. The molecule has 4 N–H and O–H groups in total. The Morgan fingerprint density at radius 3 is 1.94 bits per heavy atom. The minimum Gasteiger partial charge on any atom is -0.508 e. The molecule has 0 fully saturated rings. The number of aryl methyl sites for hydroxylation is 2. The molecule has 0 aliphatic heterocycles. The van der Waals surface area contributed by atoms with Crippen LogP contribution in [-0.4, -0.2) is 51.2 Å². The lowest BCUT2D eigenvalue weighted by Crippen LogP contribution is -2.53. The lowest BCUT2D eigenvalue weighted by molar-refractivity contribution is -0.140. The predicted molar refractivity (Wildman–Crippen MR) is 185 cm³/mol. The number of alkyl carbamates (subject to hydrolysis) is 1. The molecule has 0 saturated carbocycles. The number of amides is 3. The Labute approximate surface area is 279 Å². The minimum atomic E-state index is -1.08. The number of hydrogen-bond acceptors (Lipinski definition) is 6. The molecule has 0 aliphatic carbocycles. The van der Waals surface area contributed by atoms with Gasteiger partial charge in [-0.1, -0.05) is 81.5 Å². The molecular weight excluding hydrogens is 594 g/mol. The molecule has 0 aliphatic rings. The normalized spacial score (nSPS) is 12.6. The van der Waals surface area contributed by atoms with Crippen LogP contribution in [-0.2, 0) is 20.7 Å². The molecule has 0 saturated heterocycles. The van der Waals surface area contributed by atoms with Crippen LogP contribution in [0.3, 0.4) is 0 Å². The van der Waals surface area contributed by atoms with Crippen molar-refractivity contribution in [2.45, 2.75) is 104 Å². The quantitative estimate of drug-likeness (QED) is 0.125. The molecule has 3 aromatic rings. The van der Waals surface area contributed by atoms with Gasteiger partial charge in [-0.15, -0.1) is 0 Å². The van der Waals surface area contributed by atoms with E-state index in [0.717, 1.165) is 43.2 Å². The third kappa shape index (κ3) is 11.6. The first-order chi connectivity index (χ1) is 22.3. The van der Waals surface area contributed by atoms with Crippen LogP contribution in [0.5, 0.6) is 11.5 Å². The molecule has 0 radical (unpaired) electrons. The van der Waals surface area contributed by atoms with Crippen molar-refractivity contribution in [1.29, 1.82) is 0 Å². The second kappa shape index (κ2) is 17.4. The summed E-state index contributed by atoms with van der Waals surface area (Å²) in [5.74, 6) is -0.745. The van der Waals surface area contributed by atoms with E-state index in [2.05, 4.69) is 17.6 Å². The first-order valence-corrected chi connectivity index (χ1v) is 16.5. The van der Waals surface area contributed by atoms with Crippen molar-refractivity contribution in [3.05, 3.63) is 89.0 Å². The molecule has 3 rings (SSSR count). The Kier molecular flexibility index (Phi) is 13.7. The van der Waals surface area contributed by atoms with E-state index in [1.165, 1.54) is 29.2 Å². The number of ether oxygens (including phenoxy) is 1. The fourth-order valence-corrected chi connectivity index (χ4v) is 5.48. The maximum atomic E-state index is 14.7. The van der Waals surface area contributed by atoms with E-state index in [4.69, 9.17) is 4.74 Å². The molecule has 9 nitrogen and oxygen atoms in total. The van der Waals surface area contributed by atoms with E-state index in [9.17, 15) is 24.6 Å². The summed E-state index contributed by atoms with van der Waals surface area (Å²) in [4.78, 5) is 43.7. The second-order valence-electron chi connectivity index (χ2n) is 13.1. The number of nitrogens with zero attached hydrogens (tertiary/aromatic N) is 1. The lowest BCUT2D eigenvalue weighted by atomic mass is 9.99. The number of para-hydroxylation sites is 1. The molecule has 254 valence electrons. The van der Waals surface area contributed by atoms with Crippen LogP contribution in [0.1, 0.15) is 94.5 Å². The van der Waals surface area contributed by atoms with Crippen molar-refractivity contribution < 1.29 is 29.3 Å². The number of phenolic OH excluding ortho intramolecular Hbond substituents is 2. The third-order valence-electron chi connectivity index (χ3n) is 7.90. The maximum absolute atomic E-state index is 14.7. The van der Waals surface area contributed by atoms with E-state index in [-0.39, 0.29) is 24.5 Å². The highest BCUT2D eigenvalue weighted by Crippen LogP contribution is 2.29. The van der Waals surface area contributed by atoms with Crippen molar-refractivity contribution in [1.82, 2.24) is 10.2 Å². The zero-order chi connectivity index (χ0) is 34.6. The molecule has 47 heavy (non-hydrogen) atoms. The van der Waals surface area contributed by atoms with Gasteiger partial charge in [-0.05, 0) is 87.6 Å². The second-order valence-corrected chi connectivity index (χ2v) is 13.1. The summed E-state index contributed by atoms with van der Waals surface area (Å²) in [6.07, 6.45) is 5.20. The Bertz CT molecular complexity index is 1440. The fraction of sp³-hybridized carbons (Fsp3) is 0.447. The van der Waals surface area contributed by atoms with Gasteiger partial charge in [0.1, 0.15) is 29.2 Å². The van der Waals surface area contributed by atoms with E-state index in [1.54, 1.807) is 45.0 Å². The number of unbranched alkanes of at least 4 members (excludes halogenated alkanes) is 5. The maximum Gasteiger partial charge on any atom is 0.408 e. The smallest absolute Gasteiger partial charge is 0.408 e. The standard InChI is InChI=1S/C38H51N3O6/c1-7-8-9-10-11-12-24-41(36(45)32(39-37(46)47-38(4,5)6)25-28-16-20-30(42)21-17-28)34(29-18-22-31(43)23-19-29)35(44)40-33-26(2)14-13-15-27(33)3/h13-23,32,34,42-43H,7-12,24-25H2,1-6H3,(H,39,46)(H,40,44). The number of nitrogens with one attached hydrogen (secondary N) is 2. The minimum absolute atomic E-state index is 0.0354. The van der Waals surface area contributed by atoms with Crippen LogP contribution in [0.2, 0.25) is 0 Å². The Balaban J connectivity index is 2.08. The van der Waals surface area contributed by atoms with Gasteiger partial charge in [-0.2, -0.15) is 0 Å². The highest BCUT2D eigenvalue weighted by atomic mass is 16.6. The molecule has 9 heteroatoms. The van der Waals surface area contributed by atoms with Crippen molar-refractivity contribution in [3.8, 4) is 11.5 Å². The average Bonchev–Trinajstić information content (AvgIpc) is 3.00. The van der Waals surface area contributed by atoms with Gasteiger partial charge in [-0.3, -0.25) is 9.59 Å². The molecule has 2 atom stereocenters. The highest BCUT2D eigenvalue weighted by molar-refractivity contribution is 6.00. The summed E-state index contributed by atoms with van der Waals surface area (Å²) in [5.41, 5.74) is 2.86. The van der Waals surface area contributed by atoms with Crippen LogP contribution < -0.4 is 10.6 Å². The molecule has 3 amide bonds. The van der Waals surface area contributed by atoms with Gasteiger partial charge in [0.15, 0.2) is 0 Å². The van der Waals surface area contributed by atoms with Crippen molar-refractivity contribution in [3.63, 3.8) is 0 Å². The summed E-state index contributed by atoms with van der Waals surface area (Å²) >= 11 is 0. The SMILES string of the molecule is CCCCCCCCN(C(=O)C(Cc1ccc(O)cc1)NC(=O)OC(C)(C)C)C(C(=O)Nc1c(C)cccc1C)c1ccc(O)cc1. The van der Waals surface area contributed by atoms with Gasteiger partial charge in [-0.25, -0.2) is 4.79 Å². The first-order valence-electron chi connectivity index (χ1n) is 16.5. The van der Waals surface area contributed by atoms with Crippen LogP contribution >= 0.6 is 0 Å². The van der Waals surface area contributed by atoms with Crippen LogP contribution in [0.4, 0.5) is 10.5 Å². The number of anilines is 1. The highest BCUT2D eigenvalue weighted by Gasteiger charge is 2.36. The molecule has 0 bridgehead atoms. The average molecular weight is 646 g/mol. The summed E-state index contributed by atoms with van der Waals surface area (Å²) in [7, 11) is 0. The van der Waals surface area contributed by atoms with Gasteiger partial charge in [0.05, 0.1) is 0 Å². The van der Waals surface area contributed by atoms with Gasteiger partial charge >= 0.3 is 6.09 Å². The Morgan fingerprint density at radius 2 is 1.36 bits per heavy atom. The molecule has 0 heterocycles. The monoisotopic (exact) mass is 645 g/mol. The van der Waals surface area contributed by atoms with Gasteiger partial charge in [0, 0.05) is 18.7 Å². The summed E-state index contributed by atoms with van der Waals surface area (Å²) in [6, 6.07) is 16.3. The van der Waals surface area contributed by atoms with Crippen molar-refractivity contribution in [2.75, 3.05) is 11.9 Å². The van der Waals surface area contributed by atoms with Crippen LogP contribution in [0.15, 0.2) is 66.7 Å². The number of rotatable bonds is 15.